The molecule has 10 heteroatoms. The van der Waals surface area contributed by atoms with E-state index in [-0.39, 0.29) is 13.0 Å². The molecule has 0 heterocycles. The first-order valence-corrected chi connectivity index (χ1v) is 11.3. The molecular formula is C22H25NO8S. The molecule has 0 aliphatic carbocycles. The quantitative estimate of drug-likeness (QED) is 0.320. The number of benzene rings is 2. The van der Waals surface area contributed by atoms with Gasteiger partial charge in [0.1, 0.15) is 5.37 Å². The first kappa shape index (κ1) is 24.9. The maximum atomic E-state index is 13.4. The standard InChI is InChI=1S/C22H25NO8S/c1-4-31-20(24)16-10-12-17(13-11-16)23-18(14-15-8-6-5-7-9-15)32(27,28)19(21(25)29-2)22(26)30-3/h5-13,18-19,23H,4,14H2,1-3H3. The van der Waals surface area contributed by atoms with E-state index < -0.39 is 38.4 Å². The van der Waals surface area contributed by atoms with Gasteiger partial charge in [-0.15, -0.1) is 0 Å². The fourth-order valence-electron chi connectivity index (χ4n) is 2.92. The Labute approximate surface area is 186 Å². The lowest BCUT2D eigenvalue weighted by Gasteiger charge is -2.24. The minimum absolute atomic E-state index is 0.0483. The van der Waals surface area contributed by atoms with E-state index in [1.807, 2.05) is 0 Å². The summed E-state index contributed by atoms with van der Waals surface area (Å²) in [4.78, 5) is 36.2. The maximum absolute atomic E-state index is 13.4. The van der Waals surface area contributed by atoms with Crippen LogP contribution in [0.5, 0.6) is 0 Å². The summed E-state index contributed by atoms with van der Waals surface area (Å²) in [6, 6.07) is 14.7. The summed E-state index contributed by atoms with van der Waals surface area (Å²) >= 11 is 0. The highest BCUT2D eigenvalue weighted by Gasteiger charge is 2.46. The highest BCUT2D eigenvalue weighted by molar-refractivity contribution is 7.94. The number of sulfone groups is 1. The van der Waals surface area contributed by atoms with Gasteiger partial charge in [-0.05, 0) is 36.8 Å². The number of carbonyl (C=O) groups excluding carboxylic acids is 3. The van der Waals surface area contributed by atoms with Crippen LogP contribution in [0.3, 0.4) is 0 Å². The summed E-state index contributed by atoms with van der Waals surface area (Å²) in [5.74, 6) is -2.99. The first-order chi connectivity index (χ1) is 15.2. The van der Waals surface area contributed by atoms with Gasteiger partial charge in [-0.25, -0.2) is 13.2 Å². The van der Waals surface area contributed by atoms with E-state index in [4.69, 9.17) is 4.74 Å². The van der Waals surface area contributed by atoms with Crippen molar-refractivity contribution in [2.45, 2.75) is 24.0 Å². The fraction of sp³-hybridized carbons (Fsp3) is 0.318. The Morgan fingerprint density at radius 2 is 1.47 bits per heavy atom. The van der Waals surface area contributed by atoms with Crippen LogP contribution in [0.15, 0.2) is 54.6 Å². The molecule has 172 valence electrons. The van der Waals surface area contributed by atoms with E-state index in [2.05, 4.69) is 14.8 Å². The van der Waals surface area contributed by atoms with E-state index >= 15 is 0 Å². The average molecular weight is 464 g/mol. The van der Waals surface area contributed by atoms with Crippen LogP contribution in [0.1, 0.15) is 22.8 Å². The van der Waals surface area contributed by atoms with Crippen molar-refractivity contribution in [3.05, 3.63) is 65.7 Å². The molecular weight excluding hydrogens is 438 g/mol. The molecule has 32 heavy (non-hydrogen) atoms. The van der Waals surface area contributed by atoms with Gasteiger partial charge in [0.2, 0.25) is 0 Å². The van der Waals surface area contributed by atoms with Crippen molar-refractivity contribution in [3.63, 3.8) is 0 Å². The number of methoxy groups -OCH3 is 2. The van der Waals surface area contributed by atoms with Crippen molar-refractivity contribution >= 4 is 33.4 Å². The number of nitrogens with one attached hydrogen (secondary N) is 1. The van der Waals surface area contributed by atoms with Crippen LogP contribution < -0.4 is 5.32 Å². The highest BCUT2D eigenvalue weighted by atomic mass is 32.2. The average Bonchev–Trinajstić information content (AvgIpc) is 2.79. The van der Waals surface area contributed by atoms with Crippen molar-refractivity contribution in [2.24, 2.45) is 0 Å². The van der Waals surface area contributed by atoms with E-state index in [0.717, 1.165) is 14.2 Å². The zero-order chi connectivity index (χ0) is 23.7. The summed E-state index contributed by atoms with van der Waals surface area (Å²) < 4.78 is 40.7. The minimum atomic E-state index is -4.47. The van der Waals surface area contributed by atoms with Crippen LogP contribution in [0.4, 0.5) is 5.69 Å². The van der Waals surface area contributed by atoms with Gasteiger partial charge in [0.25, 0.3) is 5.25 Å². The lowest BCUT2D eigenvalue weighted by molar-refractivity contribution is -0.150. The molecule has 2 aromatic rings. The van der Waals surface area contributed by atoms with Crippen molar-refractivity contribution in [3.8, 4) is 0 Å². The van der Waals surface area contributed by atoms with E-state index in [0.29, 0.717) is 16.8 Å². The van der Waals surface area contributed by atoms with Gasteiger partial charge in [0, 0.05) is 12.1 Å². The predicted molar refractivity (Wildman–Crippen MR) is 117 cm³/mol. The Balaban J connectivity index is 2.42. The third kappa shape index (κ3) is 6.07. The summed E-state index contributed by atoms with van der Waals surface area (Å²) in [5.41, 5.74) is 1.31. The van der Waals surface area contributed by atoms with Crippen LogP contribution in [0.25, 0.3) is 0 Å². The van der Waals surface area contributed by atoms with Crippen molar-refractivity contribution in [1.82, 2.24) is 0 Å². The Hall–Kier alpha value is -3.40. The Bertz CT molecular complexity index is 1020. The maximum Gasteiger partial charge on any atom is 0.338 e. The lowest BCUT2D eigenvalue weighted by atomic mass is 10.1. The van der Waals surface area contributed by atoms with Gasteiger partial charge >= 0.3 is 17.9 Å². The molecule has 0 aromatic heterocycles. The van der Waals surface area contributed by atoms with Crippen LogP contribution in [0, 0.1) is 0 Å². The summed E-state index contributed by atoms with van der Waals surface area (Å²) in [6.07, 6.45) is -0.0483. The van der Waals surface area contributed by atoms with Crippen LogP contribution in [-0.4, -0.2) is 57.8 Å². The Kier molecular flexibility index (Phi) is 8.77. The Morgan fingerprint density at radius 1 is 0.906 bits per heavy atom. The molecule has 0 saturated heterocycles. The molecule has 0 aliphatic heterocycles. The topological polar surface area (TPSA) is 125 Å². The number of carbonyl (C=O) groups is 3. The van der Waals surface area contributed by atoms with Gasteiger partial charge in [0.05, 0.1) is 26.4 Å². The number of esters is 3. The second-order valence-corrected chi connectivity index (χ2v) is 8.85. The number of ether oxygens (including phenoxy) is 3. The molecule has 1 unspecified atom stereocenters. The number of hydrogen-bond acceptors (Lipinski definition) is 9. The minimum Gasteiger partial charge on any atom is -0.468 e. The number of rotatable bonds is 10. The molecule has 0 saturated carbocycles. The van der Waals surface area contributed by atoms with Gasteiger partial charge in [-0.2, -0.15) is 0 Å². The van der Waals surface area contributed by atoms with E-state index in [1.54, 1.807) is 37.3 Å². The fourth-order valence-corrected chi connectivity index (χ4v) is 4.71. The molecule has 0 amide bonds. The largest absolute Gasteiger partial charge is 0.468 e. The SMILES string of the molecule is CCOC(=O)c1ccc(NC(Cc2ccccc2)S(=O)(=O)C(C(=O)OC)C(=O)OC)cc1. The zero-order valence-corrected chi connectivity index (χ0v) is 18.8. The molecule has 0 bridgehead atoms. The van der Waals surface area contributed by atoms with Crippen LogP contribution in [-0.2, 0) is 40.1 Å². The molecule has 0 radical (unpaired) electrons. The molecule has 2 aromatic carbocycles. The number of hydrogen-bond donors (Lipinski definition) is 1. The van der Waals surface area contributed by atoms with Gasteiger partial charge in [0.15, 0.2) is 9.84 Å². The monoisotopic (exact) mass is 463 g/mol. The van der Waals surface area contributed by atoms with Gasteiger partial charge in [-0.1, -0.05) is 30.3 Å². The van der Waals surface area contributed by atoms with Gasteiger partial charge < -0.3 is 19.5 Å². The molecule has 0 spiro atoms. The molecule has 1 atom stereocenters. The molecule has 9 nitrogen and oxygen atoms in total. The Morgan fingerprint density at radius 3 is 1.97 bits per heavy atom. The van der Waals surface area contributed by atoms with Gasteiger partial charge in [-0.3, -0.25) is 9.59 Å². The van der Waals surface area contributed by atoms with Crippen molar-refractivity contribution in [2.75, 3.05) is 26.1 Å². The predicted octanol–water partition coefficient (Wildman–Crippen LogP) is 1.97. The summed E-state index contributed by atoms with van der Waals surface area (Å²) in [6.45, 7) is 1.91. The summed E-state index contributed by atoms with van der Waals surface area (Å²) in [5, 5.41) is -0.680. The molecule has 2 rings (SSSR count). The lowest BCUT2D eigenvalue weighted by Crippen LogP contribution is -2.47. The smallest absolute Gasteiger partial charge is 0.338 e. The summed E-state index contributed by atoms with van der Waals surface area (Å²) in [7, 11) is -2.49. The zero-order valence-electron chi connectivity index (χ0n) is 17.9. The normalized spacial score (nSPS) is 12.0. The highest BCUT2D eigenvalue weighted by Crippen LogP contribution is 2.21. The third-order valence-corrected chi connectivity index (χ3v) is 6.66. The third-order valence-electron chi connectivity index (χ3n) is 4.54. The first-order valence-electron chi connectivity index (χ1n) is 9.70. The molecule has 0 fully saturated rings. The van der Waals surface area contributed by atoms with E-state index in [9.17, 15) is 22.8 Å². The second-order valence-electron chi connectivity index (χ2n) is 6.64. The van der Waals surface area contributed by atoms with Crippen LogP contribution >= 0.6 is 0 Å². The molecule has 1 N–H and O–H groups in total. The number of anilines is 1. The second kappa shape index (κ2) is 11.3. The van der Waals surface area contributed by atoms with Crippen LogP contribution in [0.2, 0.25) is 0 Å². The van der Waals surface area contributed by atoms with E-state index in [1.165, 1.54) is 24.3 Å². The molecule has 0 aliphatic rings. The van der Waals surface area contributed by atoms with Crippen molar-refractivity contribution in [1.29, 1.82) is 0 Å². The van der Waals surface area contributed by atoms with Crippen molar-refractivity contribution < 1.29 is 37.0 Å².